The van der Waals surface area contributed by atoms with Crippen LogP contribution in [0.25, 0.3) is 0 Å². The van der Waals surface area contributed by atoms with Crippen LogP contribution in [0.4, 0.5) is 0 Å². The predicted octanol–water partition coefficient (Wildman–Crippen LogP) is -0.861. The van der Waals surface area contributed by atoms with Gasteiger partial charge in [-0.1, -0.05) is 0 Å². The zero-order chi connectivity index (χ0) is 12.5. The van der Waals surface area contributed by atoms with Crippen LogP contribution in [0.3, 0.4) is 0 Å². The molecule has 1 atom stereocenters. The monoisotopic (exact) mass is 242 g/mol. The molecule has 96 valence electrons. The molecule has 1 unspecified atom stereocenters. The summed E-state index contributed by atoms with van der Waals surface area (Å²) < 4.78 is 10.8. The molecule has 1 N–H and O–H groups in total. The molecule has 0 bridgehead atoms. The summed E-state index contributed by atoms with van der Waals surface area (Å²) >= 11 is 0. The summed E-state index contributed by atoms with van der Waals surface area (Å²) in [6.45, 7) is 5.54. The van der Waals surface area contributed by atoms with E-state index in [1.165, 1.54) is 4.90 Å². The van der Waals surface area contributed by atoms with Crippen LogP contribution in [0.1, 0.15) is 13.8 Å². The number of piperazine rings is 1. The highest BCUT2D eigenvalue weighted by molar-refractivity contribution is 5.97. The van der Waals surface area contributed by atoms with Gasteiger partial charge in [-0.25, -0.2) is 0 Å². The topological polar surface area (TPSA) is 67.9 Å². The lowest BCUT2D eigenvalue weighted by Crippen LogP contribution is -2.65. The van der Waals surface area contributed by atoms with Gasteiger partial charge < -0.3 is 19.7 Å². The van der Waals surface area contributed by atoms with E-state index in [2.05, 4.69) is 5.32 Å². The molecule has 2 heterocycles. The van der Waals surface area contributed by atoms with Crippen molar-refractivity contribution in [1.82, 2.24) is 10.2 Å². The first kappa shape index (κ1) is 12.3. The van der Waals surface area contributed by atoms with Gasteiger partial charge in [0.15, 0.2) is 0 Å². The van der Waals surface area contributed by atoms with E-state index in [1.54, 1.807) is 13.8 Å². The third kappa shape index (κ3) is 2.76. The molecule has 2 fully saturated rings. The zero-order valence-electron chi connectivity index (χ0n) is 10.2. The third-order valence-electron chi connectivity index (χ3n) is 2.92. The Balaban J connectivity index is 1.98. The lowest BCUT2D eigenvalue weighted by atomic mass is 10.0. The Kier molecular flexibility index (Phi) is 3.35. The lowest BCUT2D eigenvalue weighted by Gasteiger charge is -2.39. The first-order valence-electron chi connectivity index (χ1n) is 5.79. The van der Waals surface area contributed by atoms with Crippen LogP contribution in [-0.2, 0) is 19.1 Å². The molecule has 6 nitrogen and oxygen atoms in total. The Morgan fingerprint density at radius 2 is 2.18 bits per heavy atom. The van der Waals surface area contributed by atoms with Gasteiger partial charge in [-0.15, -0.1) is 0 Å². The average molecular weight is 242 g/mol. The molecular formula is C11H18N2O4. The number of nitrogens with zero attached hydrogens (tertiary/aromatic N) is 1. The summed E-state index contributed by atoms with van der Waals surface area (Å²) in [5.74, 6) is -0.211. The predicted molar refractivity (Wildman–Crippen MR) is 59.4 cm³/mol. The van der Waals surface area contributed by atoms with E-state index < -0.39 is 5.54 Å². The van der Waals surface area contributed by atoms with Crippen LogP contribution in [-0.4, -0.2) is 61.3 Å². The Morgan fingerprint density at radius 3 is 2.82 bits per heavy atom. The molecule has 2 aliphatic heterocycles. The first-order valence-corrected chi connectivity index (χ1v) is 5.79. The van der Waals surface area contributed by atoms with E-state index in [0.717, 1.165) is 0 Å². The second-order valence-electron chi connectivity index (χ2n) is 4.93. The average Bonchev–Trinajstić information content (AvgIpc) is 2.26. The van der Waals surface area contributed by atoms with Crippen molar-refractivity contribution in [2.24, 2.45) is 0 Å². The number of carbonyl (C=O) groups excluding carboxylic acids is 2. The van der Waals surface area contributed by atoms with Gasteiger partial charge in [0.25, 0.3) is 0 Å². The van der Waals surface area contributed by atoms with Crippen molar-refractivity contribution in [3.63, 3.8) is 0 Å². The molecule has 0 aromatic carbocycles. The van der Waals surface area contributed by atoms with Gasteiger partial charge in [-0.2, -0.15) is 0 Å². The zero-order valence-corrected chi connectivity index (χ0v) is 10.2. The van der Waals surface area contributed by atoms with Crippen LogP contribution >= 0.6 is 0 Å². The smallest absolute Gasteiger partial charge is 0.248 e. The van der Waals surface area contributed by atoms with Gasteiger partial charge in [0.05, 0.1) is 32.5 Å². The number of hydrogen-bond acceptors (Lipinski definition) is 4. The van der Waals surface area contributed by atoms with Crippen LogP contribution in [0, 0.1) is 0 Å². The molecule has 0 aromatic heterocycles. The molecule has 0 radical (unpaired) electrons. The van der Waals surface area contributed by atoms with E-state index in [-0.39, 0.29) is 24.5 Å². The Hall–Kier alpha value is -1.14. The van der Waals surface area contributed by atoms with Crippen molar-refractivity contribution in [1.29, 1.82) is 0 Å². The van der Waals surface area contributed by atoms with Gasteiger partial charge in [0.2, 0.25) is 11.8 Å². The fourth-order valence-corrected chi connectivity index (χ4v) is 2.12. The Morgan fingerprint density at radius 1 is 1.41 bits per heavy atom. The second-order valence-corrected chi connectivity index (χ2v) is 4.93. The summed E-state index contributed by atoms with van der Waals surface area (Å²) in [5.41, 5.74) is -0.829. The van der Waals surface area contributed by atoms with E-state index in [1.807, 2.05) is 0 Å². The van der Waals surface area contributed by atoms with Crippen molar-refractivity contribution in [3.8, 4) is 0 Å². The molecular weight excluding hydrogens is 224 g/mol. The molecule has 17 heavy (non-hydrogen) atoms. The summed E-state index contributed by atoms with van der Waals surface area (Å²) in [6.07, 6.45) is -0.130. The Bertz CT molecular complexity index is 323. The molecule has 0 aromatic rings. The summed E-state index contributed by atoms with van der Waals surface area (Å²) in [7, 11) is 0. The van der Waals surface area contributed by atoms with Crippen LogP contribution in [0.15, 0.2) is 0 Å². The highest BCUT2D eigenvalue weighted by Crippen LogP contribution is 2.14. The normalized spacial score (nSPS) is 29.1. The van der Waals surface area contributed by atoms with Crippen molar-refractivity contribution in [3.05, 3.63) is 0 Å². The number of nitrogens with one attached hydrogen (secondary N) is 1. The number of ether oxygens (including phenoxy) is 2. The van der Waals surface area contributed by atoms with E-state index in [9.17, 15) is 9.59 Å². The highest BCUT2D eigenvalue weighted by atomic mass is 16.6. The van der Waals surface area contributed by atoms with E-state index in [4.69, 9.17) is 9.47 Å². The lowest BCUT2D eigenvalue weighted by molar-refractivity contribution is -0.153. The fraction of sp³-hybridized carbons (Fsp3) is 0.818. The first-order chi connectivity index (χ1) is 7.99. The molecule has 2 saturated heterocycles. The van der Waals surface area contributed by atoms with Crippen LogP contribution < -0.4 is 5.32 Å². The van der Waals surface area contributed by atoms with Gasteiger partial charge >= 0.3 is 0 Å². The molecule has 0 aliphatic carbocycles. The molecule has 0 spiro atoms. The standard InChI is InChI=1S/C11H18N2O4/c1-11(2)10(15)13(6-9(14)12-11)5-8-7-16-3-4-17-8/h8H,3-7H2,1-2H3,(H,12,14). The summed E-state index contributed by atoms with van der Waals surface area (Å²) in [4.78, 5) is 25.1. The van der Waals surface area contributed by atoms with E-state index >= 15 is 0 Å². The molecule has 2 aliphatic rings. The minimum absolute atomic E-state index is 0.0775. The van der Waals surface area contributed by atoms with Gasteiger partial charge in [-0.3, -0.25) is 9.59 Å². The molecule has 0 saturated carbocycles. The third-order valence-corrected chi connectivity index (χ3v) is 2.92. The maximum atomic E-state index is 12.1. The largest absolute Gasteiger partial charge is 0.376 e. The van der Waals surface area contributed by atoms with E-state index in [0.29, 0.717) is 26.4 Å². The van der Waals surface area contributed by atoms with Crippen molar-refractivity contribution in [2.75, 3.05) is 32.9 Å². The second kappa shape index (κ2) is 4.62. The van der Waals surface area contributed by atoms with Gasteiger partial charge in [0.1, 0.15) is 5.54 Å². The summed E-state index contributed by atoms with van der Waals surface area (Å²) in [6, 6.07) is 0. The molecule has 2 rings (SSSR count). The van der Waals surface area contributed by atoms with Gasteiger partial charge in [-0.05, 0) is 13.8 Å². The highest BCUT2D eigenvalue weighted by Gasteiger charge is 2.39. The fourth-order valence-electron chi connectivity index (χ4n) is 2.12. The minimum Gasteiger partial charge on any atom is -0.376 e. The summed E-state index contributed by atoms with van der Waals surface area (Å²) in [5, 5.41) is 2.67. The number of hydrogen-bond donors (Lipinski definition) is 1. The van der Waals surface area contributed by atoms with Crippen LogP contribution in [0.5, 0.6) is 0 Å². The maximum Gasteiger partial charge on any atom is 0.248 e. The number of rotatable bonds is 2. The SMILES string of the molecule is CC1(C)NC(=O)CN(CC2COCCO2)C1=O. The Labute approximate surface area is 100 Å². The number of carbonyl (C=O) groups is 2. The number of amides is 2. The van der Waals surface area contributed by atoms with Crippen molar-refractivity contribution < 1.29 is 19.1 Å². The molecule has 2 amide bonds. The maximum absolute atomic E-state index is 12.1. The van der Waals surface area contributed by atoms with Crippen LogP contribution in [0.2, 0.25) is 0 Å². The minimum atomic E-state index is -0.829. The molecule has 6 heteroatoms. The quantitative estimate of drug-likeness (QED) is 0.684. The van der Waals surface area contributed by atoms with Gasteiger partial charge in [0, 0.05) is 6.54 Å². The van der Waals surface area contributed by atoms with Crippen molar-refractivity contribution in [2.45, 2.75) is 25.5 Å². The van der Waals surface area contributed by atoms with Crippen molar-refractivity contribution >= 4 is 11.8 Å².